The van der Waals surface area contributed by atoms with Crippen LogP contribution < -0.4 is 5.32 Å². The lowest BCUT2D eigenvalue weighted by molar-refractivity contribution is 0.393. The summed E-state index contributed by atoms with van der Waals surface area (Å²) in [6.45, 7) is 2.90. The SMILES string of the molecule is CC(CCNC1CCCCCC1C#N)S(C)=O. The lowest BCUT2D eigenvalue weighted by Crippen LogP contribution is -2.36. The van der Waals surface area contributed by atoms with E-state index < -0.39 is 10.8 Å². The number of hydrogen-bond donors (Lipinski definition) is 1. The van der Waals surface area contributed by atoms with Crippen LogP contribution in [0.4, 0.5) is 0 Å². The summed E-state index contributed by atoms with van der Waals surface area (Å²) in [4.78, 5) is 0. The van der Waals surface area contributed by atoms with E-state index in [0.717, 1.165) is 25.8 Å². The predicted molar refractivity (Wildman–Crippen MR) is 72.1 cm³/mol. The van der Waals surface area contributed by atoms with Crippen molar-refractivity contribution in [3.63, 3.8) is 0 Å². The van der Waals surface area contributed by atoms with Crippen molar-refractivity contribution < 1.29 is 4.21 Å². The molecule has 0 spiro atoms. The van der Waals surface area contributed by atoms with E-state index in [1.54, 1.807) is 6.26 Å². The summed E-state index contributed by atoms with van der Waals surface area (Å²) in [5, 5.41) is 12.9. The minimum atomic E-state index is -0.736. The molecule has 17 heavy (non-hydrogen) atoms. The van der Waals surface area contributed by atoms with Gasteiger partial charge in [-0.2, -0.15) is 5.26 Å². The highest BCUT2D eigenvalue weighted by atomic mass is 32.2. The topological polar surface area (TPSA) is 52.9 Å². The van der Waals surface area contributed by atoms with Crippen molar-refractivity contribution in [3.8, 4) is 6.07 Å². The van der Waals surface area contributed by atoms with Gasteiger partial charge >= 0.3 is 0 Å². The van der Waals surface area contributed by atoms with E-state index >= 15 is 0 Å². The van der Waals surface area contributed by atoms with Crippen molar-refractivity contribution >= 4 is 10.8 Å². The lowest BCUT2D eigenvalue weighted by atomic mass is 9.96. The Morgan fingerprint density at radius 3 is 2.76 bits per heavy atom. The quantitative estimate of drug-likeness (QED) is 0.767. The first-order valence-electron chi connectivity index (χ1n) is 6.60. The molecule has 4 unspecified atom stereocenters. The Balaban J connectivity index is 2.33. The molecule has 1 aliphatic rings. The van der Waals surface area contributed by atoms with Crippen LogP contribution in [0.25, 0.3) is 0 Å². The van der Waals surface area contributed by atoms with Crippen molar-refractivity contribution in [3.05, 3.63) is 0 Å². The van der Waals surface area contributed by atoms with Gasteiger partial charge in [0.05, 0.1) is 12.0 Å². The van der Waals surface area contributed by atoms with Gasteiger partial charge in [0.1, 0.15) is 0 Å². The van der Waals surface area contributed by atoms with Crippen molar-refractivity contribution in [2.45, 2.75) is 56.7 Å². The van der Waals surface area contributed by atoms with Gasteiger partial charge in [-0.25, -0.2) is 0 Å². The molecule has 4 heteroatoms. The Bertz CT molecular complexity index is 288. The molecule has 0 aromatic heterocycles. The number of hydrogen-bond acceptors (Lipinski definition) is 3. The van der Waals surface area contributed by atoms with E-state index in [9.17, 15) is 4.21 Å². The number of nitriles is 1. The molecule has 98 valence electrons. The van der Waals surface area contributed by atoms with E-state index in [-0.39, 0.29) is 11.2 Å². The third kappa shape index (κ3) is 5.18. The fourth-order valence-electron chi connectivity index (χ4n) is 2.34. The highest BCUT2D eigenvalue weighted by Gasteiger charge is 2.22. The second-order valence-electron chi connectivity index (χ2n) is 5.03. The average molecular weight is 256 g/mol. The predicted octanol–water partition coefficient (Wildman–Crippen LogP) is 2.21. The van der Waals surface area contributed by atoms with Crippen LogP contribution in [0.1, 0.15) is 45.4 Å². The van der Waals surface area contributed by atoms with Gasteiger partial charge in [0.25, 0.3) is 0 Å². The van der Waals surface area contributed by atoms with Crippen LogP contribution in [-0.4, -0.2) is 28.3 Å². The molecule has 3 nitrogen and oxygen atoms in total. The number of nitrogens with one attached hydrogen (secondary N) is 1. The average Bonchev–Trinajstić information content (AvgIpc) is 2.53. The first-order valence-corrected chi connectivity index (χ1v) is 8.22. The van der Waals surface area contributed by atoms with Crippen LogP contribution in [0.15, 0.2) is 0 Å². The normalized spacial score (nSPS) is 29.0. The molecule has 0 radical (unpaired) electrons. The molecule has 4 atom stereocenters. The van der Waals surface area contributed by atoms with E-state index in [1.165, 1.54) is 19.3 Å². The summed E-state index contributed by atoms with van der Waals surface area (Å²) in [6.07, 6.45) is 8.50. The monoisotopic (exact) mass is 256 g/mol. The molecule has 0 amide bonds. The third-order valence-corrected chi connectivity index (χ3v) is 5.07. The molecular formula is C13H24N2OS. The second kappa shape index (κ2) is 7.84. The maximum atomic E-state index is 11.2. The molecule has 1 rings (SSSR count). The molecule has 0 bridgehead atoms. The lowest BCUT2D eigenvalue weighted by Gasteiger charge is -2.21. The summed E-state index contributed by atoms with van der Waals surface area (Å²) in [5.41, 5.74) is 0. The summed E-state index contributed by atoms with van der Waals surface area (Å²) >= 11 is 0. The smallest absolute Gasteiger partial charge is 0.0672 e. The highest BCUT2D eigenvalue weighted by Crippen LogP contribution is 2.22. The van der Waals surface area contributed by atoms with Gasteiger partial charge in [-0.1, -0.05) is 26.2 Å². The third-order valence-electron chi connectivity index (χ3n) is 3.71. The van der Waals surface area contributed by atoms with Gasteiger partial charge in [0.2, 0.25) is 0 Å². The molecule has 0 saturated heterocycles. The summed E-state index contributed by atoms with van der Waals surface area (Å²) in [5.74, 6) is 0.167. The fourth-order valence-corrected chi connectivity index (χ4v) is 2.79. The highest BCUT2D eigenvalue weighted by molar-refractivity contribution is 7.84. The van der Waals surface area contributed by atoms with Crippen molar-refractivity contribution in [1.82, 2.24) is 5.32 Å². The Morgan fingerprint density at radius 2 is 2.12 bits per heavy atom. The first-order chi connectivity index (χ1) is 8.15. The van der Waals surface area contributed by atoms with E-state index in [1.807, 2.05) is 6.92 Å². The van der Waals surface area contributed by atoms with E-state index in [0.29, 0.717) is 6.04 Å². The zero-order valence-electron chi connectivity index (χ0n) is 10.9. The minimum Gasteiger partial charge on any atom is -0.313 e. The number of nitrogens with zero attached hydrogens (tertiary/aromatic N) is 1. The van der Waals surface area contributed by atoms with Gasteiger partial charge in [0.15, 0.2) is 0 Å². The molecule has 1 fully saturated rings. The van der Waals surface area contributed by atoms with Crippen molar-refractivity contribution in [2.75, 3.05) is 12.8 Å². The molecular weight excluding hydrogens is 232 g/mol. The Morgan fingerprint density at radius 1 is 1.41 bits per heavy atom. The molecule has 1 saturated carbocycles. The van der Waals surface area contributed by atoms with Crippen LogP contribution in [0.2, 0.25) is 0 Å². The number of rotatable bonds is 5. The molecule has 0 aromatic rings. The van der Waals surface area contributed by atoms with Gasteiger partial charge in [-0.05, 0) is 25.8 Å². The van der Waals surface area contributed by atoms with Crippen molar-refractivity contribution in [1.29, 1.82) is 5.26 Å². The summed E-state index contributed by atoms with van der Waals surface area (Å²) < 4.78 is 11.2. The minimum absolute atomic E-state index is 0.167. The zero-order chi connectivity index (χ0) is 12.7. The van der Waals surface area contributed by atoms with Gasteiger partial charge in [-0.15, -0.1) is 0 Å². The molecule has 0 aliphatic heterocycles. The van der Waals surface area contributed by atoms with Gasteiger partial charge < -0.3 is 5.32 Å². The second-order valence-corrected chi connectivity index (χ2v) is 6.83. The Labute approximate surface area is 107 Å². The van der Waals surface area contributed by atoms with E-state index in [4.69, 9.17) is 5.26 Å². The molecule has 1 N–H and O–H groups in total. The van der Waals surface area contributed by atoms with Gasteiger partial charge in [-0.3, -0.25) is 4.21 Å². The van der Waals surface area contributed by atoms with Gasteiger partial charge in [0, 0.05) is 28.3 Å². The van der Waals surface area contributed by atoms with Crippen LogP contribution in [0.5, 0.6) is 0 Å². The maximum absolute atomic E-state index is 11.2. The largest absolute Gasteiger partial charge is 0.313 e. The maximum Gasteiger partial charge on any atom is 0.0672 e. The Hall–Kier alpha value is -0.400. The van der Waals surface area contributed by atoms with E-state index in [2.05, 4.69) is 11.4 Å². The van der Waals surface area contributed by atoms with Crippen molar-refractivity contribution in [2.24, 2.45) is 5.92 Å². The molecule has 0 aromatic carbocycles. The standard InChI is InChI=1S/C13H24N2OS/c1-11(17(2)16)8-9-15-13-7-5-3-4-6-12(13)10-14/h11-13,15H,3-9H2,1-2H3. The van der Waals surface area contributed by atoms with Crippen LogP contribution in [0.3, 0.4) is 0 Å². The zero-order valence-corrected chi connectivity index (χ0v) is 11.8. The first kappa shape index (κ1) is 14.7. The fraction of sp³-hybridized carbons (Fsp3) is 0.923. The molecule has 0 heterocycles. The van der Waals surface area contributed by atoms with Crippen LogP contribution in [-0.2, 0) is 10.8 Å². The molecule has 1 aliphatic carbocycles. The Kier molecular flexibility index (Phi) is 6.76. The summed E-state index contributed by atoms with van der Waals surface area (Å²) in [6, 6.07) is 2.78. The van der Waals surface area contributed by atoms with Crippen LogP contribution in [0, 0.1) is 17.2 Å². The van der Waals surface area contributed by atoms with Crippen LogP contribution >= 0.6 is 0 Å². The summed E-state index contributed by atoms with van der Waals surface area (Å²) in [7, 11) is -0.736.